The average molecular weight is 506 g/mol. The molecule has 0 radical (unpaired) electrons. The first-order chi connectivity index (χ1) is 17.6. The van der Waals surface area contributed by atoms with Crippen molar-refractivity contribution in [3.05, 3.63) is 58.5 Å². The number of nitrogens with one attached hydrogen (secondary N) is 1. The van der Waals surface area contributed by atoms with E-state index in [0.717, 1.165) is 35.9 Å². The lowest BCUT2D eigenvalue weighted by atomic mass is 9.50. The Kier molecular flexibility index (Phi) is 6.39. The number of fused-ring (bicyclic) bond motifs is 1. The zero-order chi connectivity index (χ0) is 26.5. The van der Waals surface area contributed by atoms with Crippen LogP contribution >= 0.6 is 0 Å². The maximum Gasteiger partial charge on any atom is 0.309 e. The van der Waals surface area contributed by atoms with Crippen LogP contribution < -0.4 is 5.73 Å². The van der Waals surface area contributed by atoms with Crippen LogP contribution in [0.2, 0.25) is 0 Å². The number of aliphatic carboxylic acids is 1. The SMILES string of the molecule is CCC1(C(=O)O)CC(C)(Cc2c(C3CCOCC3)n(-c3ccc(F)c(C)c3)c3cc(C=N)c(N)cc23)C1. The molecule has 37 heavy (non-hydrogen) atoms. The fraction of sp³-hybridized carbons (Fsp3) is 0.467. The lowest BCUT2D eigenvalue weighted by Gasteiger charge is -2.52. The molecular formula is C30H36FN3O3. The van der Waals surface area contributed by atoms with Crippen molar-refractivity contribution in [1.82, 2.24) is 4.57 Å². The van der Waals surface area contributed by atoms with Crippen molar-refractivity contribution in [1.29, 1.82) is 5.41 Å². The quantitative estimate of drug-likeness (QED) is 0.256. The summed E-state index contributed by atoms with van der Waals surface area (Å²) in [5.74, 6) is -0.713. The highest BCUT2D eigenvalue weighted by Gasteiger charge is 2.55. The van der Waals surface area contributed by atoms with E-state index in [9.17, 15) is 14.3 Å². The fourth-order valence-corrected chi connectivity index (χ4v) is 6.89. The normalized spacial score (nSPS) is 24.2. The number of hydrogen-bond donors (Lipinski definition) is 3. The number of nitrogen functional groups attached to an aromatic ring is 1. The number of carbonyl (C=O) groups is 1. The number of nitrogens with two attached hydrogens (primary N) is 1. The number of rotatable bonds is 7. The van der Waals surface area contributed by atoms with E-state index in [-0.39, 0.29) is 17.2 Å². The zero-order valence-corrected chi connectivity index (χ0v) is 21.9. The van der Waals surface area contributed by atoms with E-state index in [4.69, 9.17) is 15.9 Å². The summed E-state index contributed by atoms with van der Waals surface area (Å²) in [6.07, 6.45) is 5.65. The summed E-state index contributed by atoms with van der Waals surface area (Å²) >= 11 is 0. The van der Waals surface area contributed by atoms with Gasteiger partial charge >= 0.3 is 5.97 Å². The average Bonchev–Trinajstić information content (AvgIpc) is 3.16. The van der Waals surface area contributed by atoms with Crippen molar-refractivity contribution < 1.29 is 19.0 Å². The van der Waals surface area contributed by atoms with E-state index in [0.29, 0.717) is 49.3 Å². The zero-order valence-electron chi connectivity index (χ0n) is 21.9. The summed E-state index contributed by atoms with van der Waals surface area (Å²) in [6.45, 7) is 7.28. The highest BCUT2D eigenvalue weighted by atomic mass is 19.1. The van der Waals surface area contributed by atoms with E-state index in [1.165, 1.54) is 23.5 Å². The molecule has 6 nitrogen and oxygen atoms in total. The van der Waals surface area contributed by atoms with Gasteiger partial charge in [0.2, 0.25) is 0 Å². The Hall–Kier alpha value is -3.19. The highest BCUT2D eigenvalue weighted by Crippen LogP contribution is 2.59. The minimum Gasteiger partial charge on any atom is -0.481 e. The third-order valence-corrected chi connectivity index (χ3v) is 8.75. The Bertz CT molecular complexity index is 1380. The number of hydrogen-bond acceptors (Lipinski definition) is 4. The molecule has 0 atom stereocenters. The number of carboxylic acid groups (broad SMARTS) is 1. The first-order valence-corrected chi connectivity index (χ1v) is 13.2. The number of nitrogens with zero attached hydrogens (tertiary/aromatic N) is 1. The molecule has 1 aliphatic heterocycles. The second-order valence-corrected chi connectivity index (χ2v) is 11.4. The van der Waals surface area contributed by atoms with Gasteiger partial charge in [-0.25, -0.2) is 4.39 Å². The van der Waals surface area contributed by atoms with Crippen molar-refractivity contribution in [2.24, 2.45) is 10.8 Å². The number of carboxylic acids is 1. The molecular weight excluding hydrogens is 469 g/mol. The van der Waals surface area contributed by atoms with Gasteiger partial charge in [-0.15, -0.1) is 0 Å². The molecule has 2 heterocycles. The number of aromatic nitrogens is 1. The molecule has 0 bridgehead atoms. The molecule has 0 spiro atoms. The van der Waals surface area contributed by atoms with Crippen LogP contribution in [0.25, 0.3) is 16.6 Å². The van der Waals surface area contributed by atoms with Gasteiger partial charge in [0.05, 0.1) is 10.9 Å². The Morgan fingerprint density at radius 3 is 2.57 bits per heavy atom. The van der Waals surface area contributed by atoms with Crippen molar-refractivity contribution in [2.75, 3.05) is 18.9 Å². The van der Waals surface area contributed by atoms with Gasteiger partial charge in [-0.3, -0.25) is 4.79 Å². The number of halogens is 1. The van der Waals surface area contributed by atoms with Crippen LogP contribution in [0.15, 0.2) is 30.3 Å². The number of ether oxygens (including phenoxy) is 1. The van der Waals surface area contributed by atoms with Crippen LogP contribution in [0, 0.1) is 29.0 Å². The molecule has 4 N–H and O–H groups in total. The molecule has 3 aromatic rings. The molecule has 0 unspecified atom stereocenters. The molecule has 2 aromatic carbocycles. The molecule has 1 aromatic heterocycles. The molecule has 7 heteroatoms. The van der Waals surface area contributed by atoms with Crippen molar-refractivity contribution in [3.63, 3.8) is 0 Å². The van der Waals surface area contributed by atoms with Gasteiger partial charge in [0, 0.05) is 53.4 Å². The summed E-state index contributed by atoms with van der Waals surface area (Å²) in [7, 11) is 0. The Labute approximate surface area is 217 Å². The third-order valence-electron chi connectivity index (χ3n) is 8.75. The highest BCUT2D eigenvalue weighted by molar-refractivity contribution is 5.98. The third kappa shape index (κ3) is 4.23. The number of benzene rings is 2. The summed E-state index contributed by atoms with van der Waals surface area (Å²) in [6, 6.07) is 9.12. The van der Waals surface area contributed by atoms with E-state index in [2.05, 4.69) is 11.5 Å². The predicted octanol–water partition coefficient (Wildman–Crippen LogP) is 6.38. The van der Waals surface area contributed by atoms with E-state index >= 15 is 0 Å². The first kappa shape index (κ1) is 25.5. The van der Waals surface area contributed by atoms with E-state index in [1.807, 2.05) is 31.2 Å². The molecule has 2 fully saturated rings. The number of anilines is 1. The van der Waals surface area contributed by atoms with Crippen LogP contribution in [-0.2, 0) is 16.0 Å². The molecule has 1 aliphatic carbocycles. The summed E-state index contributed by atoms with van der Waals surface area (Å²) in [4.78, 5) is 12.1. The predicted molar refractivity (Wildman–Crippen MR) is 144 cm³/mol. The standard InChI is InChI=1S/C30H36FN3O3/c1-4-30(28(35)36)16-29(3,17-30)14-23-22-13-25(33)20(15-32)12-26(22)34(21-5-6-24(31)18(2)11-21)27(23)19-7-9-37-10-8-19/h5-6,11-13,15,19,32H,4,7-10,14,16-17,33H2,1-3H3,(H,35,36). The molecule has 2 aliphatic rings. The lowest BCUT2D eigenvalue weighted by Crippen LogP contribution is -2.50. The summed E-state index contributed by atoms with van der Waals surface area (Å²) in [5, 5.41) is 18.9. The topological polar surface area (TPSA) is 101 Å². The van der Waals surface area contributed by atoms with Crippen LogP contribution in [0.5, 0.6) is 0 Å². The lowest BCUT2D eigenvalue weighted by molar-refractivity contribution is -0.165. The maximum atomic E-state index is 14.3. The maximum absolute atomic E-state index is 14.3. The smallest absolute Gasteiger partial charge is 0.309 e. The minimum atomic E-state index is -0.707. The number of aryl methyl sites for hydroxylation is 1. The largest absolute Gasteiger partial charge is 0.481 e. The Morgan fingerprint density at radius 1 is 1.27 bits per heavy atom. The van der Waals surface area contributed by atoms with E-state index < -0.39 is 11.4 Å². The van der Waals surface area contributed by atoms with Crippen molar-refractivity contribution in [2.45, 2.75) is 65.2 Å². The first-order valence-electron chi connectivity index (χ1n) is 13.2. The van der Waals surface area contributed by atoms with Gasteiger partial charge in [-0.05, 0) is 92.3 Å². The van der Waals surface area contributed by atoms with Gasteiger partial charge < -0.3 is 25.6 Å². The second kappa shape index (κ2) is 9.28. The fourth-order valence-electron chi connectivity index (χ4n) is 6.89. The van der Waals surface area contributed by atoms with Crippen LogP contribution in [0.3, 0.4) is 0 Å². The van der Waals surface area contributed by atoms with Crippen LogP contribution in [0.4, 0.5) is 10.1 Å². The molecule has 1 saturated heterocycles. The van der Waals surface area contributed by atoms with Gasteiger partial charge in [0.15, 0.2) is 0 Å². The summed E-state index contributed by atoms with van der Waals surface area (Å²) < 4.78 is 22.2. The summed E-state index contributed by atoms with van der Waals surface area (Å²) in [5.41, 5.74) is 11.5. The Balaban J connectivity index is 1.75. The van der Waals surface area contributed by atoms with Gasteiger partial charge in [-0.2, -0.15) is 0 Å². The van der Waals surface area contributed by atoms with Crippen molar-refractivity contribution >= 4 is 28.8 Å². The molecule has 1 saturated carbocycles. The van der Waals surface area contributed by atoms with Gasteiger partial charge in [-0.1, -0.05) is 13.8 Å². The van der Waals surface area contributed by atoms with E-state index in [1.54, 1.807) is 6.92 Å². The van der Waals surface area contributed by atoms with Crippen LogP contribution in [0.1, 0.15) is 74.3 Å². The monoisotopic (exact) mass is 505 g/mol. The Morgan fingerprint density at radius 2 is 1.97 bits per heavy atom. The molecule has 196 valence electrons. The minimum absolute atomic E-state index is 0.152. The second-order valence-electron chi connectivity index (χ2n) is 11.4. The molecule has 0 amide bonds. The van der Waals surface area contributed by atoms with Gasteiger partial charge in [0.25, 0.3) is 0 Å². The van der Waals surface area contributed by atoms with Gasteiger partial charge in [0.1, 0.15) is 5.82 Å². The van der Waals surface area contributed by atoms with Crippen LogP contribution in [-0.4, -0.2) is 35.1 Å². The molecule has 5 rings (SSSR count). The van der Waals surface area contributed by atoms with Crippen molar-refractivity contribution in [3.8, 4) is 5.69 Å².